The quantitative estimate of drug-likeness (QED) is 0.604. The maximum atomic E-state index is 13.5. The van der Waals surface area contributed by atoms with Crippen LogP contribution >= 0.6 is 0 Å². The molecule has 5 rings (SSSR count). The van der Waals surface area contributed by atoms with Crippen molar-refractivity contribution < 1.29 is 19.0 Å². The largest absolute Gasteiger partial charge is 0.497 e. The Morgan fingerprint density at radius 1 is 1.19 bits per heavy atom. The van der Waals surface area contributed by atoms with E-state index in [0.29, 0.717) is 18.8 Å². The van der Waals surface area contributed by atoms with Crippen LogP contribution in [-0.2, 0) is 4.74 Å². The van der Waals surface area contributed by atoms with Gasteiger partial charge in [-0.15, -0.1) is 0 Å². The van der Waals surface area contributed by atoms with Crippen molar-refractivity contribution in [3.63, 3.8) is 0 Å². The molecule has 7 nitrogen and oxygen atoms in total. The highest BCUT2D eigenvalue weighted by Gasteiger charge is 2.43. The molecule has 1 saturated heterocycles. The summed E-state index contributed by atoms with van der Waals surface area (Å²) in [5.41, 5.74) is 4.14. The van der Waals surface area contributed by atoms with E-state index in [2.05, 4.69) is 10.2 Å². The number of aromatic amines is 1. The second kappa shape index (κ2) is 8.67. The predicted molar refractivity (Wildman–Crippen MR) is 120 cm³/mol. The molecule has 1 aromatic heterocycles. The lowest BCUT2D eigenvalue weighted by Crippen LogP contribution is -2.36. The first-order valence-electron chi connectivity index (χ1n) is 11.1. The summed E-state index contributed by atoms with van der Waals surface area (Å²) in [6.45, 7) is 3.85. The number of methoxy groups -OCH3 is 1. The number of benzene rings is 2. The van der Waals surface area contributed by atoms with E-state index in [1.807, 2.05) is 60.4 Å². The van der Waals surface area contributed by atoms with Gasteiger partial charge in [0, 0.05) is 24.3 Å². The van der Waals surface area contributed by atoms with Crippen LogP contribution in [0.4, 0.5) is 0 Å². The highest BCUT2D eigenvalue weighted by atomic mass is 16.5. The summed E-state index contributed by atoms with van der Waals surface area (Å²) in [5, 5.41) is 7.55. The fourth-order valence-electron chi connectivity index (χ4n) is 4.65. The number of H-pyrrole nitrogens is 1. The Kier molecular flexibility index (Phi) is 5.57. The molecule has 0 radical (unpaired) electrons. The van der Waals surface area contributed by atoms with Crippen molar-refractivity contribution in [2.45, 2.75) is 31.9 Å². The number of carbonyl (C=O) groups excluding carboxylic acids is 1. The van der Waals surface area contributed by atoms with E-state index in [-0.39, 0.29) is 18.1 Å². The molecular formula is C25H27N3O4. The molecule has 0 aliphatic carbocycles. The number of ether oxygens (including phenoxy) is 3. The predicted octanol–water partition coefficient (Wildman–Crippen LogP) is 4.21. The number of nitrogens with one attached hydrogen (secondary N) is 1. The highest BCUT2D eigenvalue weighted by molar-refractivity contribution is 6.00. The van der Waals surface area contributed by atoms with Crippen LogP contribution in [0.2, 0.25) is 0 Å². The second-order valence-electron chi connectivity index (χ2n) is 8.09. The lowest BCUT2D eigenvalue weighted by Gasteiger charge is -2.28. The third kappa shape index (κ3) is 3.62. The summed E-state index contributed by atoms with van der Waals surface area (Å²) in [5.74, 6) is 1.52. The van der Waals surface area contributed by atoms with E-state index in [0.717, 1.165) is 53.3 Å². The number of amides is 1. The molecule has 166 valence electrons. The fraction of sp³-hybridized carbons (Fsp3) is 0.360. The molecule has 2 aromatic carbocycles. The standard InChI is InChI=1S/C25H27N3O4/c1-3-31-19-7-4-6-17(14-19)24-21-22(16-9-11-18(30-2)12-10-16)26-27-23(21)25(29)28(24)15-20-8-5-13-32-20/h4,6-7,9-12,14,20,24H,3,5,8,13,15H2,1-2H3,(H,26,27). The summed E-state index contributed by atoms with van der Waals surface area (Å²) >= 11 is 0. The number of rotatable bonds is 7. The third-order valence-electron chi connectivity index (χ3n) is 6.14. The molecule has 1 N–H and O–H groups in total. The third-order valence-corrected chi connectivity index (χ3v) is 6.14. The second-order valence-corrected chi connectivity index (χ2v) is 8.09. The van der Waals surface area contributed by atoms with Crippen LogP contribution in [-0.4, -0.2) is 54.0 Å². The maximum absolute atomic E-state index is 13.5. The Morgan fingerprint density at radius 3 is 2.75 bits per heavy atom. The average molecular weight is 434 g/mol. The van der Waals surface area contributed by atoms with Crippen molar-refractivity contribution in [1.82, 2.24) is 15.1 Å². The Balaban J connectivity index is 1.59. The topological polar surface area (TPSA) is 76.7 Å². The van der Waals surface area contributed by atoms with E-state index in [4.69, 9.17) is 14.2 Å². The normalized spacial score (nSPS) is 19.9. The lowest BCUT2D eigenvalue weighted by atomic mass is 9.95. The van der Waals surface area contributed by atoms with Gasteiger partial charge in [0.1, 0.15) is 17.2 Å². The van der Waals surface area contributed by atoms with E-state index in [1.54, 1.807) is 7.11 Å². The van der Waals surface area contributed by atoms with Gasteiger partial charge in [-0.1, -0.05) is 12.1 Å². The number of aromatic nitrogens is 2. The Hall–Kier alpha value is -3.32. The van der Waals surface area contributed by atoms with Crippen molar-refractivity contribution in [1.29, 1.82) is 0 Å². The lowest BCUT2D eigenvalue weighted by molar-refractivity contribution is 0.0495. The number of hydrogen-bond donors (Lipinski definition) is 1. The van der Waals surface area contributed by atoms with Gasteiger partial charge in [0.25, 0.3) is 5.91 Å². The van der Waals surface area contributed by atoms with Crippen LogP contribution in [0.1, 0.15) is 47.4 Å². The molecule has 2 aliphatic rings. The van der Waals surface area contributed by atoms with Crippen molar-refractivity contribution in [2.24, 2.45) is 0 Å². The summed E-state index contributed by atoms with van der Waals surface area (Å²) in [4.78, 5) is 15.4. The van der Waals surface area contributed by atoms with Gasteiger partial charge in [0.05, 0.1) is 31.6 Å². The van der Waals surface area contributed by atoms with Crippen LogP contribution in [0, 0.1) is 0 Å². The van der Waals surface area contributed by atoms with Gasteiger partial charge in [0.2, 0.25) is 0 Å². The zero-order valence-electron chi connectivity index (χ0n) is 18.3. The van der Waals surface area contributed by atoms with E-state index in [9.17, 15) is 4.79 Å². The summed E-state index contributed by atoms with van der Waals surface area (Å²) in [6.07, 6.45) is 2.05. The molecule has 0 bridgehead atoms. The number of carbonyl (C=O) groups is 1. The zero-order chi connectivity index (χ0) is 22.1. The molecule has 32 heavy (non-hydrogen) atoms. The first kappa shape index (κ1) is 20.6. The average Bonchev–Trinajstić information content (AvgIpc) is 3.54. The molecule has 2 unspecified atom stereocenters. The molecule has 2 atom stereocenters. The minimum atomic E-state index is -0.266. The molecule has 0 spiro atoms. The minimum absolute atomic E-state index is 0.0467. The SMILES string of the molecule is CCOc1cccc(C2c3c(-c4ccc(OC)cc4)n[nH]c3C(=O)N2CC2CCCO2)c1. The van der Waals surface area contributed by atoms with Gasteiger partial charge < -0.3 is 19.1 Å². The summed E-state index contributed by atoms with van der Waals surface area (Å²) in [7, 11) is 1.64. The first-order valence-corrected chi connectivity index (χ1v) is 11.1. The maximum Gasteiger partial charge on any atom is 0.273 e. The van der Waals surface area contributed by atoms with Gasteiger partial charge in [-0.2, -0.15) is 5.10 Å². The van der Waals surface area contributed by atoms with Crippen molar-refractivity contribution in [3.8, 4) is 22.8 Å². The molecule has 0 saturated carbocycles. The molecule has 2 aliphatic heterocycles. The smallest absolute Gasteiger partial charge is 0.273 e. The Bertz CT molecular complexity index is 1100. The molecule has 3 aromatic rings. The van der Waals surface area contributed by atoms with E-state index in [1.165, 1.54) is 0 Å². The molecule has 7 heteroatoms. The van der Waals surface area contributed by atoms with Crippen molar-refractivity contribution >= 4 is 5.91 Å². The number of fused-ring (bicyclic) bond motifs is 1. The highest BCUT2D eigenvalue weighted by Crippen LogP contribution is 2.44. The zero-order valence-corrected chi connectivity index (χ0v) is 18.3. The monoisotopic (exact) mass is 433 g/mol. The molecule has 1 amide bonds. The van der Waals surface area contributed by atoms with E-state index < -0.39 is 0 Å². The number of nitrogens with zero attached hydrogens (tertiary/aromatic N) is 2. The molecular weight excluding hydrogens is 406 g/mol. The van der Waals surface area contributed by atoms with E-state index >= 15 is 0 Å². The van der Waals surface area contributed by atoms with Crippen LogP contribution in [0.3, 0.4) is 0 Å². The Labute approximate surface area is 187 Å². The van der Waals surface area contributed by atoms with Crippen molar-refractivity contribution in [2.75, 3.05) is 26.9 Å². The van der Waals surface area contributed by atoms with Crippen molar-refractivity contribution in [3.05, 3.63) is 65.4 Å². The van der Waals surface area contributed by atoms with Gasteiger partial charge in [0.15, 0.2) is 0 Å². The van der Waals surface area contributed by atoms with Crippen LogP contribution < -0.4 is 9.47 Å². The molecule has 3 heterocycles. The number of hydrogen-bond acceptors (Lipinski definition) is 5. The van der Waals surface area contributed by atoms with Gasteiger partial charge >= 0.3 is 0 Å². The van der Waals surface area contributed by atoms with Gasteiger partial charge in [-0.3, -0.25) is 9.89 Å². The minimum Gasteiger partial charge on any atom is -0.497 e. The Morgan fingerprint density at radius 2 is 2.03 bits per heavy atom. The van der Waals surface area contributed by atoms with Gasteiger partial charge in [-0.25, -0.2) is 0 Å². The molecule has 1 fully saturated rings. The fourth-order valence-corrected chi connectivity index (χ4v) is 4.65. The van der Waals surface area contributed by atoms with Crippen LogP contribution in [0.15, 0.2) is 48.5 Å². The van der Waals surface area contributed by atoms with Crippen LogP contribution in [0.5, 0.6) is 11.5 Å². The first-order chi connectivity index (χ1) is 15.7. The van der Waals surface area contributed by atoms with Crippen LogP contribution in [0.25, 0.3) is 11.3 Å². The summed E-state index contributed by atoms with van der Waals surface area (Å²) in [6, 6.07) is 15.5. The summed E-state index contributed by atoms with van der Waals surface area (Å²) < 4.78 is 16.9. The van der Waals surface area contributed by atoms with Gasteiger partial charge in [-0.05, 0) is 61.7 Å².